The van der Waals surface area contributed by atoms with Gasteiger partial charge in [0, 0.05) is 31.3 Å². The van der Waals surface area contributed by atoms with Crippen LogP contribution in [0.1, 0.15) is 18.1 Å². The number of hydrogen-bond donors (Lipinski definition) is 0. The van der Waals surface area contributed by atoms with Crippen molar-refractivity contribution in [3.05, 3.63) is 39.4 Å². The van der Waals surface area contributed by atoms with Crippen molar-refractivity contribution in [3.8, 4) is 0 Å². The maximum atomic E-state index is 10.9. The molecule has 1 saturated heterocycles. The molecule has 1 aliphatic heterocycles. The predicted octanol–water partition coefficient (Wildman–Crippen LogP) is 2.12. The lowest BCUT2D eigenvalue weighted by Crippen LogP contribution is -2.40. The number of nitro groups is 1. The van der Waals surface area contributed by atoms with Gasteiger partial charge in [0.2, 0.25) is 0 Å². The smallest absolute Gasteiger partial charge is 0.272 e. The molecular weight excluding hydrogens is 232 g/mol. The standard InChI is InChI=1S/C13H18N2O3/c1-10-8-14(6-7-18-10)9-12-4-3-5-13(11(12)2)15(16)17/h3-5,10H,6-9H2,1-2H3. The Hall–Kier alpha value is -1.46. The predicted molar refractivity (Wildman–Crippen MR) is 68.5 cm³/mol. The molecule has 0 radical (unpaired) electrons. The molecule has 1 aromatic carbocycles. The van der Waals surface area contributed by atoms with Crippen molar-refractivity contribution < 1.29 is 9.66 Å². The molecule has 0 bridgehead atoms. The van der Waals surface area contributed by atoms with E-state index in [-0.39, 0.29) is 16.7 Å². The Bertz CT molecular complexity index is 448. The third kappa shape index (κ3) is 2.86. The summed E-state index contributed by atoms with van der Waals surface area (Å²) in [5.74, 6) is 0. The van der Waals surface area contributed by atoms with Gasteiger partial charge in [0.1, 0.15) is 0 Å². The Morgan fingerprint density at radius 2 is 2.33 bits per heavy atom. The SMILES string of the molecule is Cc1c(CN2CCOC(C)C2)cccc1[N+](=O)[O-]. The summed E-state index contributed by atoms with van der Waals surface area (Å²) in [6.45, 7) is 7.11. The lowest BCUT2D eigenvalue weighted by atomic mass is 10.1. The van der Waals surface area contributed by atoms with Crippen LogP contribution in [-0.4, -0.2) is 35.6 Å². The normalized spacial score (nSPS) is 20.9. The third-order valence-corrected chi connectivity index (χ3v) is 3.33. The van der Waals surface area contributed by atoms with Crippen molar-refractivity contribution in [2.24, 2.45) is 0 Å². The molecule has 1 aliphatic rings. The molecular formula is C13H18N2O3. The molecule has 5 nitrogen and oxygen atoms in total. The summed E-state index contributed by atoms with van der Waals surface area (Å²) in [5.41, 5.74) is 1.99. The Morgan fingerprint density at radius 3 is 3.00 bits per heavy atom. The minimum Gasteiger partial charge on any atom is -0.376 e. The van der Waals surface area contributed by atoms with Gasteiger partial charge in [-0.05, 0) is 19.4 Å². The highest BCUT2D eigenvalue weighted by atomic mass is 16.6. The highest BCUT2D eigenvalue weighted by Crippen LogP contribution is 2.22. The monoisotopic (exact) mass is 250 g/mol. The second kappa shape index (κ2) is 5.46. The van der Waals surface area contributed by atoms with Crippen molar-refractivity contribution in [2.45, 2.75) is 26.5 Å². The van der Waals surface area contributed by atoms with E-state index in [1.54, 1.807) is 12.1 Å². The van der Waals surface area contributed by atoms with Gasteiger partial charge in [0.25, 0.3) is 5.69 Å². The van der Waals surface area contributed by atoms with Crippen LogP contribution in [0, 0.1) is 17.0 Å². The topological polar surface area (TPSA) is 55.6 Å². The van der Waals surface area contributed by atoms with Gasteiger partial charge in [-0.3, -0.25) is 15.0 Å². The van der Waals surface area contributed by atoms with E-state index in [0.29, 0.717) is 0 Å². The first-order chi connectivity index (χ1) is 8.58. The molecule has 0 aromatic heterocycles. The van der Waals surface area contributed by atoms with Gasteiger partial charge in [-0.25, -0.2) is 0 Å². The summed E-state index contributed by atoms with van der Waals surface area (Å²) in [6, 6.07) is 5.27. The zero-order valence-corrected chi connectivity index (χ0v) is 10.8. The summed E-state index contributed by atoms with van der Waals surface area (Å²) in [5, 5.41) is 10.9. The Morgan fingerprint density at radius 1 is 1.56 bits per heavy atom. The van der Waals surface area contributed by atoms with Crippen LogP contribution in [0.2, 0.25) is 0 Å². The molecule has 0 N–H and O–H groups in total. The highest BCUT2D eigenvalue weighted by molar-refractivity contribution is 5.44. The fourth-order valence-electron chi connectivity index (χ4n) is 2.31. The van der Waals surface area contributed by atoms with Crippen molar-refractivity contribution in [1.82, 2.24) is 4.90 Å². The molecule has 0 amide bonds. The van der Waals surface area contributed by atoms with E-state index in [1.807, 2.05) is 19.9 Å². The fraction of sp³-hybridized carbons (Fsp3) is 0.538. The van der Waals surface area contributed by atoms with E-state index in [2.05, 4.69) is 4.90 Å². The number of hydrogen-bond acceptors (Lipinski definition) is 4. The fourth-order valence-corrected chi connectivity index (χ4v) is 2.31. The lowest BCUT2D eigenvalue weighted by molar-refractivity contribution is -0.385. The van der Waals surface area contributed by atoms with E-state index in [0.717, 1.165) is 37.4 Å². The second-order valence-corrected chi connectivity index (χ2v) is 4.73. The van der Waals surface area contributed by atoms with E-state index < -0.39 is 0 Å². The minimum absolute atomic E-state index is 0.203. The first-order valence-electron chi connectivity index (χ1n) is 6.14. The molecule has 1 aromatic rings. The summed E-state index contributed by atoms with van der Waals surface area (Å²) in [6.07, 6.45) is 0.234. The molecule has 1 atom stereocenters. The number of ether oxygens (including phenoxy) is 1. The van der Waals surface area contributed by atoms with Crippen LogP contribution in [-0.2, 0) is 11.3 Å². The van der Waals surface area contributed by atoms with Crippen molar-refractivity contribution >= 4 is 5.69 Å². The molecule has 1 fully saturated rings. The molecule has 18 heavy (non-hydrogen) atoms. The molecule has 5 heteroatoms. The Labute approximate surface area is 107 Å². The Balaban J connectivity index is 2.14. The second-order valence-electron chi connectivity index (χ2n) is 4.73. The first kappa shape index (κ1) is 13.0. The average Bonchev–Trinajstić information content (AvgIpc) is 2.31. The van der Waals surface area contributed by atoms with E-state index in [4.69, 9.17) is 4.74 Å². The average molecular weight is 250 g/mol. The van der Waals surface area contributed by atoms with Gasteiger partial charge < -0.3 is 4.74 Å². The van der Waals surface area contributed by atoms with Gasteiger partial charge in [0.05, 0.1) is 17.6 Å². The van der Waals surface area contributed by atoms with Crippen LogP contribution in [0.15, 0.2) is 18.2 Å². The van der Waals surface area contributed by atoms with Crippen LogP contribution < -0.4 is 0 Å². The minimum atomic E-state index is -0.319. The molecule has 1 heterocycles. The third-order valence-electron chi connectivity index (χ3n) is 3.33. The molecule has 0 aliphatic carbocycles. The van der Waals surface area contributed by atoms with Crippen LogP contribution in [0.25, 0.3) is 0 Å². The van der Waals surface area contributed by atoms with Crippen molar-refractivity contribution in [3.63, 3.8) is 0 Å². The van der Waals surface area contributed by atoms with Crippen molar-refractivity contribution in [2.75, 3.05) is 19.7 Å². The van der Waals surface area contributed by atoms with E-state index in [9.17, 15) is 10.1 Å². The summed E-state index contributed by atoms with van der Waals surface area (Å²) in [4.78, 5) is 12.8. The highest BCUT2D eigenvalue weighted by Gasteiger charge is 2.19. The molecule has 0 saturated carbocycles. The maximum Gasteiger partial charge on any atom is 0.272 e. The largest absolute Gasteiger partial charge is 0.376 e. The zero-order chi connectivity index (χ0) is 13.1. The number of nitro benzene ring substituents is 1. The number of benzene rings is 1. The maximum absolute atomic E-state index is 10.9. The summed E-state index contributed by atoms with van der Waals surface area (Å²) < 4.78 is 5.49. The number of rotatable bonds is 3. The van der Waals surface area contributed by atoms with Crippen LogP contribution in [0.3, 0.4) is 0 Å². The van der Waals surface area contributed by atoms with Gasteiger partial charge in [0.15, 0.2) is 0 Å². The van der Waals surface area contributed by atoms with Gasteiger partial charge in [-0.1, -0.05) is 12.1 Å². The van der Waals surface area contributed by atoms with Gasteiger partial charge >= 0.3 is 0 Å². The van der Waals surface area contributed by atoms with Crippen LogP contribution >= 0.6 is 0 Å². The zero-order valence-electron chi connectivity index (χ0n) is 10.8. The van der Waals surface area contributed by atoms with Crippen LogP contribution in [0.5, 0.6) is 0 Å². The summed E-state index contributed by atoms with van der Waals surface area (Å²) >= 11 is 0. The van der Waals surface area contributed by atoms with E-state index in [1.165, 1.54) is 0 Å². The first-order valence-corrected chi connectivity index (χ1v) is 6.14. The summed E-state index contributed by atoms with van der Waals surface area (Å²) in [7, 11) is 0. The molecule has 1 unspecified atom stereocenters. The molecule has 98 valence electrons. The quantitative estimate of drug-likeness (QED) is 0.609. The Kier molecular flexibility index (Phi) is 3.93. The van der Waals surface area contributed by atoms with Crippen LogP contribution in [0.4, 0.5) is 5.69 Å². The molecule has 0 spiro atoms. The van der Waals surface area contributed by atoms with Gasteiger partial charge in [-0.15, -0.1) is 0 Å². The molecule has 2 rings (SSSR count). The lowest BCUT2D eigenvalue weighted by Gasteiger charge is -2.31. The number of nitrogens with zero attached hydrogens (tertiary/aromatic N) is 2. The number of morpholine rings is 1. The van der Waals surface area contributed by atoms with E-state index >= 15 is 0 Å². The van der Waals surface area contributed by atoms with Gasteiger partial charge in [-0.2, -0.15) is 0 Å². The van der Waals surface area contributed by atoms with Crippen molar-refractivity contribution in [1.29, 1.82) is 0 Å².